The molecule has 8 nitrogen and oxygen atoms in total. The van der Waals surface area contributed by atoms with Crippen LogP contribution >= 0.6 is 0 Å². The van der Waals surface area contributed by atoms with Gasteiger partial charge in [0.05, 0.1) is 0 Å². The number of hydrogen-bond acceptors (Lipinski definition) is 5. The van der Waals surface area contributed by atoms with Crippen molar-refractivity contribution < 1.29 is 9.59 Å². The second kappa shape index (κ2) is 6.91. The summed E-state index contributed by atoms with van der Waals surface area (Å²) >= 11 is 0. The molecule has 26 heavy (non-hydrogen) atoms. The van der Waals surface area contributed by atoms with Crippen LogP contribution in [0.25, 0.3) is 5.78 Å². The Morgan fingerprint density at radius 3 is 2.23 bits per heavy atom. The number of fused-ring (bicyclic) bond motifs is 1. The van der Waals surface area contributed by atoms with E-state index in [1.54, 1.807) is 24.3 Å². The SMILES string of the molecule is Cc1cc(C)n2nc(C(=O)Nc3ccc(NC(=O)C(C)C)cc3)nc2n1. The van der Waals surface area contributed by atoms with Crippen molar-refractivity contribution in [2.75, 3.05) is 10.6 Å². The van der Waals surface area contributed by atoms with Crippen molar-refractivity contribution in [3.63, 3.8) is 0 Å². The second-order valence-corrected chi connectivity index (χ2v) is 6.36. The molecule has 0 aliphatic rings. The van der Waals surface area contributed by atoms with Gasteiger partial charge in [0.25, 0.3) is 11.7 Å². The summed E-state index contributed by atoms with van der Waals surface area (Å²) in [4.78, 5) is 32.5. The molecule has 0 atom stereocenters. The minimum Gasteiger partial charge on any atom is -0.326 e. The van der Waals surface area contributed by atoms with E-state index < -0.39 is 5.91 Å². The van der Waals surface area contributed by atoms with Crippen LogP contribution < -0.4 is 10.6 Å². The zero-order valence-corrected chi connectivity index (χ0v) is 15.1. The van der Waals surface area contributed by atoms with E-state index >= 15 is 0 Å². The first kappa shape index (κ1) is 17.5. The van der Waals surface area contributed by atoms with Gasteiger partial charge in [-0.25, -0.2) is 9.50 Å². The molecule has 0 radical (unpaired) electrons. The quantitative estimate of drug-likeness (QED) is 0.751. The standard InChI is InChI=1S/C18H20N6O2/c1-10(2)16(25)20-13-5-7-14(8-6-13)21-17(26)15-22-18-19-11(3)9-12(4)24(18)23-15/h5-10H,1-4H3,(H,20,25)(H,21,26). The summed E-state index contributed by atoms with van der Waals surface area (Å²) in [6.07, 6.45) is 0. The zero-order chi connectivity index (χ0) is 18.8. The molecule has 0 spiro atoms. The minimum atomic E-state index is -0.425. The number of carbonyl (C=O) groups is 2. The number of carbonyl (C=O) groups excluding carboxylic acids is 2. The Hall–Kier alpha value is -3.29. The van der Waals surface area contributed by atoms with Crippen LogP contribution in [-0.2, 0) is 4.79 Å². The highest BCUT2D eigenvalue weighted by molar-refractivity contribution is 6.02. The summed E-state index contributed by atoms with van der Waals surface area (Å²) in [6.45, 7) is 7.39. The first-order valence-electron chi connectivity index (χ1n) is 8.27. The average molecular weight is 352 g/mol. The van der Waals surface area contributed by atoms with Gasteiger partial charge in [-0.1, -0.05) is 13.8 Å². The fourth-order valence-corrected chi connectivity index (χ4v) is 2.37. The Morgan fingerprint density at radius 2 is 1.62 bits per heavy atom. The number of benzene rings is 1. The predicted molar refractivity (Wildman–Crippen MR) is 98.1 cm³/mol. The van der Waals surface area contributed by atoms with Crippen molar-refractivity contribution in [1.29, 1.82) is 0 Å². The van der Waals surface area contributed by atoms with Crippen LogP contribution in [-0.4, -0.2) is 31.4 Å². The summed E-state index contributed by atoms with van der Waals surface area (Å²) in [6, 6.07) is 8.73. The fourth-order valence-electron chi connectivity index (χ4n) is 2.37. The lowest BCUT2D eigenvalue weighted by Crippen LogP contribution is -2.18. The van der Waals surface area contributed by atoms with Crippen molar-refractivity contribution in [2.45, 2.75) is 27.7 Å². The Bertz CT molecular complexity index is 975. The molecular weight excluding hydrogens is 332 g/mol. The van der Waals surface area contributed by atoms with E-state index in [1.807, 2.05) is 33.8 Å². The predicted octanol–water partition coefficient (Wildman–Crippen LogP) is 2.59. The molecule has 2 amide bonds. The molecule has 134 valence electrons. The van der Waals surface area contributed by atoms with E-state index in [0.717, 1.165) is 11.4 Å². The monoisotopic (exact) mass is 352 g/mol. The average Bonchev–Trinajstić information content (AvgIpc) is 3.01. The Balaban J connectivity index is 1.74. The maximum absolute atomic E-state index is 12.4. The van der Waals surface area contributed by atoms with E-state index in [-0.39, 0.29) is 17.6 Å². The number of nitrogens with zero attached hydrogens (tertiary/aromatic N) is 4. The highest BCUT2D eigenvalue weighted by Crippen LogP contribution is 2.15. The molecule has 0 aliphatic carbocycles. The third-order valence-electron chi connectivity index (χ3n) is 3.76. The van der Waals surface area contributed by atoms with Gasteiger partial charge in [-0.15, -0.1) is 5.10 Å². The van der Waals surface area contributed by atoms with Crippen molar-refractivity contribution in [2.24, 2.45) is 5.92 Å². The molecular formula is C18H20N6O2. The molecule has 0 aliphatic heterocycles. The van der Waals surface area contributed by atoms with Gasteiger partial charge in [0.1, 0.15) is 0 Å². The summed E-state index contributed by atoms with van der Waals surface area (Å²) < 4.78 is 1.53. The largest absolute Gasteiger partial charge is 0.326 e. The first-order chi connectivity index (χ1) is 12.3. The van der Waals surface area contributed by atoms with Gasteiger partial charge in [-0.3, -0.25) is 9.59 Å². The van der Waals surface area contributed by atoms with Crippen molar-refractivity contribution in [1.82, 2.24) is 19.6 Å². The summed E-state index contributed by atoms with van der Waals surface area (Å²) in [7, 11) is 0. The van der Waals surface area contributed by atoms with Gasteiger partial charge in [-0.2, -0.15) is 4.98 Å². The van der Waals surface area contributed by atoms with E-state index in [2.05, 4.69) is 25.7 Å². The van der Waals surface area contributed by atoms with Gasteiger partial charge < -0.3 is 10.6 Å². The van der Waals surface area contributed by atoms with Gasteiger partial charge in [0.2, 0.25) is 11.7 Å². The summed E-state index contributed by atoms with van der Waals surface area (Å²) in [5, 5.41) is 9.73. The third-order valence-corrected chi connectivity index (χ3v) is 3.76. The third kappa shape index (κ3) is 3.69. The zero-order valence-electron chi connectivity index (χ0n) is 15.1. The molecule has 0 bridgehead atoms. The molecule has 0 saturated heterocycles. The molecule has 0 unspecified atom stereocenters. The topological polar surface area (TPSA) is 101 Å². The van der Waals surface area contributed by atoms with Crippen LogP contribution in [0.15, 0.2) is 30.3 Å². The van der Waals surface area contributed by atoms with Crippen molar-refractivity contribution in [3.8, 4) is 0 Å². The molecule has 1 aromatic carbocycles. The molecule has 3 rings (SSSR count). The Kier molecular flexibility index (Phi) is 4.66. The van der Waals surface area contributed by atoms with E-state index in [4.69, 9.17) is 0 Å². The molecule has 0 saturated carbocycles. The number of rotatable bonds is 4. The van der Waals surface area contributed by atoms with Crippen LogP contribution in [0.1, 0.15) is 35.9 Å². The van der Waals surface area contributed by atoms with E-state index in [1.165, 1.54) is 4.52 Å². The van der Waals surface area contributed by atoms with Crippen LogP contribution in [0.3, 0.4) is 0 Å². The lowest BCUT2D eigenvalue weighted by atomic mass is 10.2. The van der Waals surface area contributed by atoms with Gasteiger partial charge in [0, 0.05) is 28.7 Å². The summed E-state index contributed by atoms with van der Waals surface area (Å²) in [5.74, 6) is -0.153. The van der Waals surface area contributed by atoms with Crippen LogP contribution in [0.5, 0.6) is 0 Å². The van der Waals surface area contributed by atoms with E-state index in [9.17, 15) is 9.59 Å². The van der Waals surface area contributed by atoms with Crippen molar-refractivity contribution >= 4 is 29.0 Å². The molecule has 0 fully saturated rings. The molecule has 8 heteroatoms. The second-order valence-electron chi connectivity index (χ2n) is 6.36. The van der Waals surface area contributed by atoms with Gasteiger partial charge >= 0.3 is 0 Å². The Morgan fingerprint density at radius 1 is 1.00 bits per heavy atom. The highest BCUT2D eigenvalue weighted by Gasteiger charge is 2.15. The fraction of sp³-hybridized carbons (Fsp3) is 0.278. The van der Waals surface area contributed by atoms with Crippen LogP contribution in [0, 0.1) is 19.8 Å². The first-order valence-corrected chi connectivity index (χ1v) is 8.27. The minimum absolute atomic E-state index is 0.0448. The molecule has 2 heterocycles. The number of aryl methyl sites for hydroxylation is 2. The smallest absolute Gasteiger partial charge is 0.295 e. The highest BCUT2D eigenvalue weighted by atomic mass is 16.2. The van der Waals surface area contributed by atoms with Crippen LogP contribution in [0.4, 0.5) is 11.4 Å². The lowest BCUT2D eigenvalue weighted by molar-refractivity contribution is -0.118. The Labute approximate surface area is 150 Å². The number of amides is 2. The maximum atomic E-state index is 12.4. The molecule has 3 aromatic rings. The summed E-state index contributed by atoms with van der Waals surface area (Å²) in [5.41, 5.74) is 2.91. The number of nitrogens with one attached hydrogen (secondary N) is 2. The maximum Gasteiger partial charge on any atom is 0.295 e. The van der Waals surface area contributed by atoms with Gasteiger partial charge in [0.15, 0.2) is 0 Å². The molecule has 2 N–H and O–H groups in total. The number of anilines is 2. The molecule has 2 aromatic heterocycles. The normalized spacial score (nSPS) is 11.0. The van der Waals surface area contributed by atoms with Gasteiger partial charge in [-0.05, 0) is 44.2 Å². The van der Waals surface area contributed by atoms with Crippen molar-refractivity contribution in [3.05, 3.63) is 47.5 Å². The van der Waals surface area contributed by atoms with Crippen LogP contribution in [0.2, 0.25) is 0 Å². The van der Waals surface area contributed by atoms with E-state index in [0.29, 0.717) is 17.2 Å². The lowest BCUT2D eigenvalue weighted by Gasteiger charge is -2.08. The number of hydrogen-bond donors (Lipinski definition) is 2. The number of aromatic nitrogens is 4.